The van der Waals surface area contributed by atoms with E-state index in [0.717, 1.165) is 11.4 Å². The van der Waals surface area contributed by atoms with Crippen molar-refractivity contribution in [2.45, 2.75) is 12.8 Å². The highest BCUT2D eigenvalue weighted by atomic mass is 35.5. The molecule has 0 aliphatic heterocycles. The minimum atomic E-state index is -0.851. The first-order valence-corrected chi connectivity index (χ1v) is 5.90. The SMILES string of the molecule is Cn1c(CC(=O)O)cnc1Cc1ccc(Cl)cc1. The van der Waals surface area contributed by atoms with Gasteiger partial charge in [0.1, 0.15) is 5.82 Å². The zero-order valence-electron chi connectivity index (χ0n) is 9.93. The van der Waals surface area contributed by atoms with Crippen molar-refractivity contribution in [3.05, 3.63) is 52.6 Å². The highest BCUT2D eigenvalue weighted by Crippen LogP contribution is 2.14. The number of aromatic nitrogens is 2. The van der Waals surface area contributed by atoms with Crippen molar-refractivity contribution in [1.29, 1.82) is 0 Å². The van der Waals surface area contributed by atoms with E-state index >= 15 is 0 Å². The van der Waals surface area contributed by atoms with Gasteiger partial charge in [0.05, 0.1) is 6.42 Å². The average molecular weight is 265 g/mol. The van der Waals surface area contributed by atoms with Crippen LogP contribution in [-0.2, 0) is 24.7 Å². The minimum absolute atomic E-state index is 0.00980. The maximum absolute atomic E-state index is 10.7. The van der Waals surface area contributed by atoms with Gasteiger partial charge >= 0.3 is 5.97 Å². The summed E-state index contributed by atoms with van der Waals surface area (Å²) < 4.78 is 1.82. The topological polar surface area (TPSA) is 55.1 Å². The quantitative estimate of drug-likeness (QED) is 0.922. The first-order valence-electron chi connectivity index (χ1n) is 5.52. The molecule has 1 heterocycles. The lowest BCUT2D eigenvalue weighted by Gasteiger charge is -2.05. The molecule has 0 aliphatic carbocycles. The van der Waals surface area contributed by atoms with E-state index in [1.165, 1.54) is 0 Å². The molecule has 0 radical (unpaired) electrons. The van der Waals surface area contributed by atoms with Crippen molar-refractivity contribution in [1.82, 2.24) is 9.55 Å². The molecular formula is C13H13ClN2O2. The largest absolute Gasteiger partial charge is 0.481 e. The molecule has 0 fully saturated rings. The van der Waals surface area contributed by atoms with Gasteiger partial charge in [-0.25, -0.2) is 4.98 Å². The highest BCUT2D eigenvalue weighted by molar-refractivity contribution is 6.30. The molecule has 0 saturated heterocycles. The molecule has 0 aliphatic rings. The molecule has 0 bridgehead atoms. The molecule has 0 unspecified atom stereocenters. The lowest BCUT2D eigenvalue weighted by Crippen LogP contribution is -2.07. The number of benzene rings is 1. The molecule has 0 spiro atoms. The molecule has 0 atom stereocenters. The molecule has 94 valence electrons. The molecule has 18 heavy (non-hydrogen) atoms. The lowest BCUT2D eigenvalue weighted by molar-refractivity contribution is -0.136. The van der Waals surface area contributed by atoms with Gasteiger partial charge in [-0.15, -0.1) is 0 Å². The Morgan fingerprint density at radius 2 is 2.06 bits per heavy atom. The van der Waals surface area contributed by atoms with Gasteiger partial charge in [-0.05, 0) is 17.7 Å². The fourth-order valence-electron chi connectivity index (χ4n) is 1.76. The van der Waals surface area contributed by atoms with Crippen LogP contribution in [0, 0.1) is 0 Å². The second-order valence-electron chi connectivity index (χ2n) is 4.10. The Hall–Kier alpha value is -1.81. The van der Waals surface area contributed by atoms with Gasteiger partial charge in [0.2, 0.25) is 0 Å². The van der Waals surface area contributed by atoms with Crippen LogP contribution >= 0.6 is 11.6 Å². The first kappa shape index (κ1) is 12.6. The second kappa shape index (κ2) is 5.23. The molecule has 1 aromatic carbocycles. The van der Waals surface area contributed by atoms with Crippen LogP contribution in [-0.4, -0.2) is 20.6 Å². The van der Waals surface area contributed by atoms with E-state index in [1.54, 1.807) is 6.20 Å². The van der Waals surface area contributed by atoms with E-state index in [9.17, 15) is 4.79 Å². The van der Waals surface area contributed by atoms with Crippen LogP contribution in [0.15, 0.2) is 30.5 Å². The summed E-state index contributed by atoms with van der Waals surface area (Å²) in [6, 6.07) is 7.54. The Kier molecular flexibility index (Phi) is 3.67. The van der Waals surface area contributed by atoms with Crippen LogP contribution in [0.1, 0.15) is 17.1 Å². The Labute approximate surface area is 110 Å². The van der Waals surface area contributed by atoms with Gasteiger partial charge in [-0.2, -0.15) is 0 Å². The lowest BCUT2D eigenvalue weighted by atomic mass is 10.1. The number of carbonyl (C=O) groups is 1. The third-order valence-corrected chi connectivity index (χ3v) is 3.04. The predicted octanol–water partition coefficient (Wildman–Crippen LogP) is 2.29. The van der Waals surface area contributed by atoms with Crippen LogP contribution in [0.25, 0.3) is 0 Å². The molecular weight excluding hydrogens is 252 g/mol. The van der Waals surface area contributed by atoms with Crippen molar-refractivity contribution in [2.24, 2.45) is 7.05 Å². The van der Waals surface area contributed by atoms with Gasteiger partial charge in [0.25, 0.3) is 0 Å². The molecule has 5 heteroatoms. The normalized spacial score (nSPS) is 10.6. The van der Waals surface area contributed by atoms with Gasteiger partial charge in [-0.3, -0.25) is 4.79 Å². The Balaban J connectivity index is 2.17. The summed E-state index contributed by atoms with van der Waals surface area (Å²) in [5.74, 6) is -0.00962. The monoisotopic (exact) mass is 264 g/mol. The summed E-state index contributed by atoms with van der Waals surface area (Å²) in [7, 11) is 1.83. The summed E-state index contributed by atoms with van der Waals surface area (Å²) in [5, 5.41) is 9.46. The second-order valence-corrected chi connectivity index (χ2v) is 4.53. The van der Waals surface area contributed by atoms with Crippen molar-refractivity contribution >= 4 is 17.6 Å². The summed E-state index contributed by atoms with van der Waals surface area (Å²) in [6.07, 6.45) is 2.26. The van der Waals surface area contributed by atoms with Crippen LogP contribution in [0.5, 0.6) is 0 Å². The third-order valence-electron chi connectivity index (χ3n) is 2.79. The molecule has 1 N–H and O–H groups in total. The summed E-state index contributed by atoms with van der Waals surface area (Å²) in [5.41, 5.74) is 1.79. The van der Waals surface area contributed by atoms with Crippen LogP contribution in [0.4, 0.5) is 0 Å². The number of halogens is 1. The number of imidazole rings is 1. The zero-order chi connectivity index (χ0) is 13.1. The predicted molar refractivity (Wildman–Crippen MR) is 68.8 cm³/mol. The Morgan fingerprint density at radius 1 is 1.39 bits per heavy atom. The number of rotatable bonds is 4. The van der Waals surface area contributed by atoms with E-state index < -0.39 is 5.97 Å². The number of hydrogen-bond donors (Lipinski definition) is 1. The van der Waals surface area contributed by atoms with E-state index in [0.29, 0.717) is 17.1 Å². The number of aliphatic carboxylic acids is 1. The van der Waals surface area contributed by atoms with Crippen LogP contribution < -0.4 is 0 Å². The molecule has 2 rings (SSSR count). The van der Waals surface area contributed by atoms with E-state index in [4.69, 9.17) is 16.7 Å². The van der Waals surface area contributed by atoms with Crippen LogP contribution in [0.3, 0.4) is 0 Å². The smallest absolute Gasteiger partial charge is 0.309 e. The Bertz CT molecular complexity index is 561. The van der Waals surface area contributed by atoms with Gasteiger partial charge in [-0.1, -0.05) is 23.7 Å². The Morgan fingerprint density at radius 3 is 2.67 bits per heavy atom. The van der Waals surface area contributed by atoms with Crippen molar-refractivity contribution in [3.63, 3.8) is 0 Å². The number of hydrogen-bond acceptors (Lipinski definition) is 2. The van der Waals surface area contributed by atoms with Gasteiger partial charge in [0.15, 0.2) is 0 Å². The molecule has 2 aromatic rings. The molecule has 0 saturated carbocycles. The summed E-state index contributed by atoms with van der Waals surface area (Å²) in [6.45, 7) is 0. The molecule has 0 amide bonds. The van der Waals surface area contributed by atoms with E-state index in [-0.39, 0.29) is 6.42 Å². The fourth-order valence-corrected chi connectivity index (χ4v) is 1.88. The highest BCUT2D eigenvalue weighted by Gasteiger charge is 2.10. The number of carboxylic acids is 1. The third kappa shape index (κ3) is 2.90. The van der Waals surface area contributed by atoms with E-state index in [2.05, 4.69) is 4.98 Å². The van der Waals surface area contributed by atoms with Crippen molar-refractivity contribution in [3.8, 4) is 0 Å². The summed E-state index contributed by atoms with van der Waals surface area (Å²) in [4.78, 5) is 14.9. The molecule has 4 nitrogen and oxygen atoms in total. The van der Waals surface area contributed by atoms with Crippen molar-refractivity contribution in [2.75, 3.05) is 0 Å². The maximum Gasteiger partial charge on any atom is 0.309 e. The van der Waals surface area contributed by atoms with Crippen molar-refractivity contribution < 1.29 is 9.90 Å². The van der Waals surface area contributed by atoms with Crippen LogP contribution in [0.2, 0.25) is 5.02 Å². The average Bonchev–Trinajstić information content (AvgIpc) is 2.64. The fraction of sp³-hybridized carbons (Fsp3) is 0.231. The minimum Gasteiger partial charge on any atom is -0.481 e. The van der Waals surface area contributed by atoms with Gasteiger partial charge in [0, 0.05) is 30.4 Å². The maximum atomic E-state index is 10.7. The summed E-state index contributed by atoms with van der Waals surface area (Å²) >= 11 is 5.82. The van der Waals surface area contributed by atoms with E-state index in [1.807, 2.05) is 35.9 Å². The zero-order valence-corrected chi connectivity index (χ0v) is 10.7. The number of nitrogens with zero attached hydrogens (tertiary/aromatic N) is 2. The standard InChI is InChI=1S/C13H13ClN2O2/c1-16-11(7-13(17)18)8-15-12(16)6-9-2-4-10(14)5-3-9/h2-5,8H,6-7H2,1H3,(H,17,18). The first-order chi connectivity index (χ1) is 8.56. The number of carboxylic acid groups (broad SMARTS) is 1. The molecule has 1 aromatic heterocycles. The van der Waals surface area contributed by atoms with Gasteiger partial charge < -0.3 is 9.67 Å².